The molecule has 1 fully saturated rings. The molecule has 1 aromatic carbocycles. The van der Waals surface area contributed by atoms with Gasteiger partial charge in [0.25, 0.3) is 0 Å². The molecule has 0 unspecified atom stereocenters. The first-order chi connectivity index (χ1) is 10.2. The zero-order valence-electron chi connectivity index (χ0n) is 11.4. The molecule has 1 aromatic heterocycles. The van der Waals surface area contributed by atoms with Crippen molar-refractivity contribution >= 4 is 21.8 Å². The average molecular weight is 351 g/mol. The van der Waals surface area contributed by atoms with Gasteiger partial charge in [0.1, 0.15) is 0 Å². The van der Waals surface area contributed by atoms with Crippen LogP contribution in [0.2, 0.25) is 0 Å². The lowest BCUT2D eigenvalue weighted by molar-refractivity contribution is -0.168. The van der Waals surface area contributed by atoms with Gasteiger partial charge in [-0.25, -0.2) is 10.0 Å². The number of amides is 1. The topological polar surface area (TPSA) is 55.6 Å². The first-order valence-corrected chi connectivity index (χ1v) is 7.66. The van der Waals surface area contributed by atoms with Crippen LogP contribution in [0, 0.1) is 0 Å². The number of nitrogens with zero attached hydrogens (tertiary/aromatic N) is 2. The van der Waals surface area contributed by atoms with Crippen molar-refractivity contribution in [2.75, 3.05) is 13.2 Å². The Balaban J connectivity index is 1.63. The van der Waals surface area contributed by atoms with E-state index in [2.05, 4.69) is 20.9 Å². The molecule has 1 aliphatic heterocycles. The number of oxazole rings is 1. The minimum atomic E-state index is -0.0202. The number of aryl methyl sites for hydroxylation is 1. The Kier molecular flexibility index (Phi) is 4.36. The van der Waals surface area contributed by atoms with Crippen LogP contribution < -0.4 is 0 Å². The second-order valence-electron chi connectivity index (χ2n) is 4.78. The molecule has 2 aromatic rings. The van der Waals surface area contributed by atoms with Crippen LogP contribution in [0.1, 0.15) is 18.7 Å². The molecule has 1 aliphatic rings. The fraction of sp³-hybridized carbons (Fsp3) is 0.333. The standard InChI is InChI=1S/C15H15BrN2O3/c16-12-5-2-1-4-11(12)13-10-17-14(21-13)6-7-15(19)18-8-3-9-20-18/h1-2,4-5,10H,3,6-9H2. The van der Waals surface area contributed by atoms with Crippen LogP contribution in [0.15, 0.2) is 39.4 Å². The predicted molar refractivity (Wildman–Crippen MR) is 80.2 cm³/mol. The molecule has 0 spiro atoms. The summed E-state index contributed by atoms with van der Waals surface area (Å²) in [6.07, 6.45) is 3.41. The first-order valence-electron chi connectivity index (χ1n) is 6.87. The van der Waals surface area contributed by atoms with Gasteiger partial charge in [0.2, 0.25) is 5.91 Å². The van der Waals surface area contributed by atoms with Gasteiger partial charge in [0, 0.05) is 22.9 Å². The Hall–Kier alpha value is -1.66. The number of hydrogen-bond acceptors (Lipinski definition) is 4. The van der Waals surface area contributed by atoms with E-state index >= 15 is 0 Å². The summed E-state index contributed by atoms with van der Waals surface area (Å²) in [7, 11) is 0. The van der Waals surface area contributed by atoms with Gasteiger partial charge in [0.15, 0.2) is 11.7 Å². The minimum absolute atomic E-state index is 0.0202. The Labute approximate surface area is 131 Å². The summed E-state index contributed by atoms with van der Waals surface area (Å²) in [4.78, 5) is 21.3. The first kappa shape index (κ1) is 14.3. The van der Waals surface area contributed by atoms with Crippen molar-refractivity contribution in [3.8, 4) is 11.3 Å². The maximum Gasteiger partial charge on any atom is 0.246 e. The minimum Gasteiger partial charge on any atom is -0.441 e. The van der Waals surface area contributed by atoms with Gasteiger partial charge in [-0.3, -0.25) is 9.63 Å². The maximum absolute atomic E-state index is 11.9. The summed E-state index contributed by atoms with van der Waals surface area (Å²) >= 11 is 3.48. The van der Waals surface area contributed by atoms with Crippen LogP contribution in [0.5, 0.6) is 0 Å². The van der Waals surface area contributed by atoms with Gasteiger partial charge in [-0.1, -0.05) is 34.1 Å². The van der Waals surface area contributed by atoms with E-state index in [1.165, 1.54) is 5.06 Å². The van der Waals surface area contributed by atoms with Crippen molar-refractivity contribution in [3.05, 3.63) is 40.8 Å². The number of carbonyl (C=O) groups is 1. The van der Waals surface area contributed by atoms with Crippen LogP contribution in [-0.4, -0.2) is 29.1 Å². The van der Waals surface area contributed by atoms with Crippen LogP contribution in [0.25, 0.3) is 11.3 Å². The van der Waals surface area contributed by atoms with E-state index in [4.69, 9.17) is 9.25 Å². The zero-order valence-corrected chi connectivity index (χ0v) is 13.0. The van der Waals surface area contributed by atoms with Crippen molar-refractivity contribution in [1.82, 2.24) is 10.0 Å². The normalized spacial score (nSPS) is 14.6. The van der Waals surface area contributed by atoms with Crippen molar-refractivity contribution in [2.24, 2.45) is 0 Å². The highest BCUT2D eigenvalue weighted by molar-refractivity contribution is 9.10. The van der Waals surface area contributed by atoms with Crippen LogP contribution >= 0.6 is 15.9 Å². The Morgan fingerprint density at radius 1 is 1.38 bits per heavy atom. The monoisotopic (exact) mass is 350 g/mol. The molecule has 110 valence electrons. The molecule has 0 radical (unpaired) electrons. The number of halogens is 1. The Morgan fingerprint density at radius 3 is 3.00 bits per heavy atom. The van der Waals surface area contributed by atoms with E-state index < -0.39 is 0 Å². The third-order valence-electron chi connectivity index (χ3n) is 3.28. The van der Waals surface area contributed by atoms with Gasteiger partial charge in [-0.05, 0) is 12.5 Å². The highest BCUT2D eigenvalue weighted by Crippen LogP contribution is 2.28. The summed E-state index contributed by atoms with van der Waals surface area (Å²) in [6, 6.07) is 7.79. The molecule has 5 nitrogen and oxygen atoms in total. The molecule has 3 rings (SSSR count). The molecule has 0 N–H and O–H groups in total. The Morgan fingerprint density at radius 2 is 2.24 bits per heavy atom. The average Bonchev–Trinajstić information content (AvgIpc) is 3.17. The molecule has 0 atom stereocenters. The molecular formula is C15H15BrN2O3. The number of carbonyl (C=O) groups excluding carboxylic acids is 1. The van der Waals surface area contributed by atoms with Crippen molar-refractivity contribution in [1.29, 1.82) is 0 Å². The van der Waals surface area contributed by atoms with Gasteiger partial charge < -0.3 is 4.42 Å². The van der Waals surface area contributed by atoms with E-state index in [9.17, 15) is 4.79 Å². The van der Waals surface area contributed by atoms with Gasteiger partial charge in [0.05, 0.1) is 19.3 Å². The molecule has 0 bridgehead atoms. The predicted octanol–water partition coefficient (Wildman–Crippen LogP) is 3.20. The summed E-state index contributed by atoms with van der Waals surface area (Å²) in [6.45, 7) is 1.30. The van der Waals surface area contributed by atoms with Crippen LogP contribution in [-0.2, 0) is 16.1 Å². The van der Waals surface area contributed by atoms with E-state index in [0.29, 0.717) is 37.6 Å². The fourth-order valence-corrected chi connectivity index (χ4v) is 2.67. The quantitative estimate of drug-likeness (QED) is 0.849. The van der Waals surface area contributed by atoms with Crippen LogP contribution in [0.3, 0.4) is 0 Å². The second kappa shape index (κ2) is 6.41. The van der Waals surface area contributed by atoms with Crippen LogP contribution in [0.4, 0.5) is 0 Å². The number of hydroxylamine groups is 2. The van der Waals surface area contributed by atoms with E-state index in [1.807, 2.05) is 24.3 Å². The number of aromatic nitrogens is 1. The summed E-state index contributed by atoms with van der Waals surface area (Å²) in [5.41, 5.74) is 0.949. The molecule has 0 saturated carbocycles. The molecule has 21 heavy (non-hydrogen) atoms. The molecule has 2 heterocycles. The van der Waals surface area contributed by atoms with Gasteiger partial charge >= 0.3 is 0 Å². The second-order valence-corrected chi connectivity index (χ2v) is 5.64. The molecule has 0 aliphatic carbocycles. The Bertz CT molecular complexity index is 635. The molecule has 6 heteroatoms. The van der Waals surface area contributed by atoms with E-state index in [-0.39, 0.29) is 5.91 Å². The highest BCUT2D eigenvalue weighted by atomic mass is 79.9. The van der Waals surface area contributed by atoms with Gasteiger partial charge in [-0.2, -0.15) is 0 Å². The summed E-state index contributed by atoms with van der Waals surface area (Å²) in [5, 5.41) is 1.43. The number of hydrogen-bond donors (Lipinski definition) is 0. The van der Waals surface area contributed by atoms with E-state index in [0.717, 1.165) is 16.5 Å². The highest BCUT2D eigenvalue weighted by Gasteiger charge is 2.19. The molecule has 1 amide bonds. The lowest BCUT2D eigenvalue weighted by atomic mass is 10.2. The van der Waals surface area contributed by atoms with Crippen molar-refractivity contribution in [3.63, 3.8) is 0 Å². The zero-order chi connectivity index (χ0) is 14.7. The van der Waals surface area contributed by atoms with Gasteiger partial charge in [-0.15, -0.1) is 0 Å². The third-order valence-corrected chi connectivity index (χ3v) is 3.97. The van der Waals surface area contributed by atoms with E-state index in [1.54, 1.807) is 6.20 Å². The SMILES string of the molecule is O=C(CCc1ncc(-c2ccccc2Br)o1)N1CCCO1. The lowest BCUT2D eigenvalue weighted by Gasteiger charge is -2.12. The number of rotatable bonds is 4. The fourth-order valence-electron chi connectivity index (χ4n) is 2.19. The summed E-state index contributed by atoms with van der Waals surface area (Å²) < 4.78 is 6.66. The number of benzene rings is 1. The van der Waals surface area contributed by atoms with Crippen molar-refractivity contribution < 1.29 is 14.0 Å². The largest absolute Gasteiger partial charge is 0.441 e. The maximum atomic E-state index is 11.9. The smallest absolute Gasteiger partial charge is 0.246 e. The molecule has 1 saturated heterocycles. The lowest BCUT2D eigenvalue weighted by Crippen LogP contribution is -2.26. The molecular weight excluding hydrogens is 336 g/mol. The van der Waals surface area contributed by atoms with Crippen molar-refractivity contribution in [2.45, 2.75) is 19.3 Å². The summed E-state index contributed by atoms with van der Waals surface area (Å²) in [5.74, 6) is 1.24. The third kappa shape index (κ3) is 3.33.